The second-order valence-corrected chi connectivity index (χ2v) is 4.71. The molecule has 5 nitrogen and oxygen atoms in total. The van der Waals surface area contributed by atoms with Gasteiger partial charge in [-0.05, 0) is 17.7 Å². The summed E-state index contributed by atoms with van der Waals surface area (Å²) in [6, 6.07) is 7.79. The highest BCUT2D eigenvalue weighted by atomic mass is 35.5. The summed E-state index contributed by atoms with van der Waals surface area (Å²) in [6.45, 7) is 0.738. The van der Waals surface area contributed by atoms with E-state index < -0.39 is 6.10 Å². The lowest BCUT2D eigenvalue weighted by Crippen LogP contribution is -2.22. The van der Waals surface area contributed by atoms with E-state index in [1.54, 1.807) is 17.1 Å². The van der Waals surface area contributed by atoms with E-state index in [9.17, 15) is 5.11 Å². The number of aromatic nitrogens is 2. The number of anilines is 1. The first-order valence-electron chi connectivity index (χ1n) is 5.97. The van der Waals surface area contributed by atoms with Crippen LogP contribution in [0.1, 0.15) is 5.56 Å². The molecule has 1 unspecified atom stereocenters. The van der Waals surface area contributed by atoms with Crippen molar-refractivity contribution in [3.05, 3.63) is 47.2 Å². The van der Waals surface area contributed by atoms with Crippen molar-refractivity contribution in [2.45, 2.75) is 12.6 Å². The molecular formula is C13H16ClN3O2. The Labute approximate surface area is 116 Å². The Bertz CT molecular complexity index is 513. The molecule has 6 heteroatoms. The molecule has 0 bridgehead atoms. The highest BCUT2D eigenvalue weighted by Crippen LogP contribution is 2.12. The molecule has 0 amide bonds. The Hall–Kier alpha value is -1.56. The zero-order valence-corrected chi connectivity index (χ0v) is 11.1. The monoisotopic (exact) mass is 281 g/mol. The van der Waals surface area contributed by atoms with Crippen molar-refractivity contribution in [3.8, 4) is 0 Å². The predicted molar refractivity (Wildman–Crippen MR) is 74.4 cm³/mol. The summed E-state index contributed by atoms with van der Waals surface area (Å²) in [7, 11) is 0. The van der Waals surface area contributed by atoms with Crippen LogP contribution in [0.3, 0.4) is 0 Å². The number of aliphatic hydroxyl groups is 2. The maximum atomic E-state index is 9.23. The van der Waals surface area contributed by atoms with Crippen LogP contribution in [0.2, 0.25) is 5.02 Å². The SMILES string of the molecule is OCC(O)CNc1ccc(Cn2cc(Cl)cn2)cc1. The van der Waals surface area contributed by atoms with Crippen molar-refractivity contribution in [1.82, 2.24) is 9.78 Å². The highest BCUT2D eigenvalue weighted by Gasteiger charge is 2.02. The molecule has 2 rings (SSSR count). The maximum absolute atomic E-state index is 9.23. The lowest BCUT2D eigenvalue weighted by Gasteiger charge is -2.10. The third kappa shape index (κ3) is 4.24. The van der Waals surface area contributed by atoms with Gasteiger partial charge in [-0.15, -0.1) is 0 Å². The minimum atomic E-state index is -0.745. The van der Waals surface area contributed by atoms with Gasteiger partial charge in [0.15, 0.2) is 0 Å². The van der Waals surface area contributed by atoms with Crippen molar-refractivity contribution in [2.24, 2.45) is 0 Å². The van der Waals surface area contributed by atoms with Gasteiger partial charge in [-0.3, -0.25) is 4.68 Å². The lowest BCUT2D eigenvalue weighted by molar-refractivity contribution is 0.105. The van der Waals surface area contributed by atoms with E-state index in [0.29, 0.717) is 18.1 Å². The van der Waals surface area contributed by atoms with Crippen LogP contribution in [0.4, 0.5) is 5.69 Å². The van der Waals surface area contributed by atoms with Crippen molar-refractivity contribution in [3.63, 3.8) is 0 Å². The number of halogens is 1. The highest BCUT2D eigenvalue weighted by molar-refractivity contribution is 6.30. The number of aliphatic hydroxyl groups excluding tert-OH is 2. The van der Waals surface area contributed by atoms with E-state index in [1.165, 1.54) is 0 Å². The Morgan fingerprint density at radius 3 is 2.63 bits per heavy atom. The van der Waals surface area contributed by atoms with Gasteiger partial charge < -0.3 is 15.5 Å². The first-order chi connectivity index (χ1) is 9.17. The zero-order valence-electron chi connectivity index (χ0n) is 10.3. The molecule has 2 aromatic rings. The van der Waals surface area contributed by atoms with Gasteiger partial charge in [-0.2, -0.15) is 5.10 Å². The number of nitrogens with one attached hydrogen (secondary N) is 1. The number of rotatable bonds is 6. The first-order valence-corrected chi connectivity index (χ1v) is 6.35. The number of hydrogen-bond donors (Lipinski definition) is 3. The number of benzene rings is 1. The fourth-order valence-electron chi connectivity index (χ4n) is 1.64. The van der Waals surface area contributed by atoms with E-state index >= 15 is 0 Å². The molecule has 102 valence electrons. The molecule has 1 heterocycles. The lowest BCUT2D eigenvalue weighted by atomic mass is 10.2. The molecule has 0 saturated carbocycles. The van der Waals surface area contributed by atoms with Crippen LogP contribution in [0.25, 0.3) is 0 Å². The topological polar surface area (TPSA) is 70.3 Å². The van der Waals surface area contributed by atoms with Crippen molar-refractivity contribution >= 4 is 17.3 Å². The van der Waals surface area contributed by atoms with Crippen LogP contribution >= 0.6 is 11.6 Å². The molecule has 0 saturated heterocycles. The Kier molecular flexibility index (Phi) is 4.79. The summed E-state index contributed by atoms with van der Waals surface area (Å²) in [6.07, 6.45) is 2.63. The second kappa shape index (κ2) is 6.56. The third-order valence-corrected chi connectivity index (χ3v) is 2.85. The molecule has 0 aliphatic carbocycles. The van der Waals surface area contributed by atoms with E-state index in [1.807, 2.05) is 24.3 Å². The van der Waals surface area contributed by atoms with Crippen LogP contribution in [0.15, 0.2) is 36.7 Å². The maximum Gasteiger partial charge on any atom is 0.0942 e. The molecule has 0 aliphatic heterocycles. The van der Waals surface area contributed by atoms with Gasteiger partial charge in [0.05, 0.1) is 30.5 Å². The molecule has 1 atom stereocenters. The standard InChI is InChI=1S/C13H16ClN3O2/c14-11-5-16-17(8-11)7-10-1-3-12(4-2-10)15-6-13(19)9-18/h1-5,8,13,15,18-19H,6-7,9H2. The van der Waals surface area contributed by atoms with Gasteiger partial charge in [0.2, 0.25) is 0 Å². The van der Waals surface area contributed by atoms with Gasteiger partial charge in [0.1, 0.15) is 0 Å². The van der Waals surface area contributed by atoms with E-state index in [2.05, 4.69) is 10.4 Å². The van der Waals surface area contributed by atoms with Crippen LogP contribution in [0, 0.1) is 0 Å². The van der Waals surface area contributed by atoms with Crippen molar-refractivity contribution in [1.29, 1.82) is 0 Å². The fraction of sp³-hybridized carbons (Fsp3) is 0.308. The average molecular weight is 282 g/mol. The van der Waals surface area contributed by atoms with Crippen LogP contribution in [-0.4, -0.2) is 39.2 Å². The zero-order chi connectivity index (χ0) is 13.7. The van der Waals surface area contributed by atoms with Gasteiger partial charge in [0.25, 0.3) is 0 Å². The first kappa shape index (κ1) is 13.9. The molecule has 0 fully saturated rings. The number of hydrogen-bond acceptors (Lipinski definition) is 4. The minimum Gasteiger partial charge on any atom is -0.394 e. The molecule has 0 spiro atoms. The molecule has 1 aromatic carbocycles. The summed E-state index contributed by atoms with van der Waals surface area (Å²) in [5.41, 5.74) is 2.00. The molecule has 19 heavy (non-hydrogen) atoms. The molecule has 1 aromatic heterocycles. The second-order valence-electron chi connectivity index (χ2n) is 4.27. The van der Waals surface area contributed by atoms with Crippen molar-refractivity contribution in [2.75, 3.05) is 18.5 Å². The summed E-state index contributed by atoms with van der Waals surface area (Å²) >= 11 is 5.80. The van der Waals surface area contributed by atoms with Gasteiger partial charge >= 0.3 is 0 Å². The van der Waals surface area contributed by atoms with Gasteiger partial charge in [0, 0.05) is 18.4 Å². The number of nitrogens with zero attached hydrogens (tertiary/aromatic N) is 2. The summed E-state index contributed by atoms with van der Waals surface area (Å²) in [4.78, 5) is 0. The Morgan fingerprint density at radius 2 is 2.05 bits per heavy atom. The Balaban J connectivity index is 1.91. The molecular weight excluding hydrogens is 266 g/mol. The smallest absolute Gasteiger partial charge is 0.0942 e. The van der Waals surface area contributed by atoms with Crippen molar-refractivity contribution < 1.29 is 10.2 Å². The van der Waals surface area contributed by atoms with E-state index in [0.717, 1.165) is 11.3 Å². The molecule has 0 radical (unpaired) electrons. The minimum absolute atomic E-state index is 0.245. The fourth-order valence-corrected chi connectivity index (χ4v) is 1.80. The van der Waals surface area contributed by atoms with E-state index in [4.69, 9.17) is 16.7 Å². The largest absolute Gasteiger partial charge is 0.394 e. The van der Waals surface area contributed by atoms with Crippen LogP contribution in [-0.2, 0) is 6.54 Å². The normalized spacial score (nSPS) is 12.4. The average Bonchev–Trinajstić information content (AvgIpc) is 2.83. The summed E-state index contributed by atoms with van der Waals surface area (Å²) < 4.78 is 1.76. The molecule has 3 N–H and O–H groups in total. The summed E-state index contributed by atoms with van der Waals surface area (Å²) in [5.74, 6) is 0. The van der Waals surface area contributed by atoms with E-state index in [-0.39, 0.29) is 6.61 Å². The predicted octanol–water partition coefficient (Wildman–Crippen LogP) is 1.35. The quantitative estimate of drug-likeness (QED) is 0.747. The molecule has 0 aliphatic rings. The van der Waals surface area contributed by atoms with Crippen LogP contribution in [0.5, 0.6) is 0 Å². The van der Waals surface area contributed by atoms with Gasteiger partial charge in [-0.25, -0.2) is 0 Å². The third-order valence-electron chi connectivity index (χ3n) is 2.65. The van der Waals surface area contributed by atoms with Gasteiger partial charge in [-0.1, -0.05) is 23.7 Å². The van der Waals surface area contributed by atoms with Crippen LogP contribution < -0.4 is 5.32 Å². The Morgan fingerprint density at radius 1 is 1.32 bits per heavy atom. The summed E-state index contributed by atoms with van der Waals surface area (Å²) in [5, 5.41) is 25.7.